The minimum atomic E-state index is -0.524. The van der Waals surface area contributed by atoms with E-state index in [4.69, 9.17) is 9.47 Å². The Labute approximate surface area is 127 Å². The second-order valence-corrected chi connectivity index (χ2v) is 5.85. The number of halogens is 1. The Kier molecular flexibility index (Phi) is 4.15. The van der Waals surface area contributed by atoms with Crippen LogP contribution >= 0.6 is 15.9 Å². The maximum Gasteiger partial charge on any atom is 0.267 e. The van der Waals surface area contributed by atoms with Crippen molar-refractivity contribution in [3.05, 3.63) is 24.3 Å². The molecular formula is C15H18BrNO3. The first-order valence-electron chi connectivity index (χ1n) is 7.04. The average molecular weight is 340 g/mol. The molecule has 1 fully saturated rings. The number of piperidine rings is 1. The summed E-state index contributed by atoms with van der Waals surface area (Å²) in [5.74, 6) is 1.42. The summed E-state index contributed by atoms with van der Waals surface area (Å²) in [5.41, 5.74) is 0. The van der Waals surface area contributed by atoms with E-state index >= 15 is 0 Å². The van der Waals surface area contributed by atoms with Crippen molar-refractivity contribution in [3.8, 4) is 11.5 Å². The molecular weight excluding hydrogens is 322 g/mol. The largest absolute Gasteiger partial charge is 0.485 e. The first-order chi connectivity index (χ1) is 9.79. The molecule has 1 saturated heterocycles. The molecule has 2 aliphatic heterocycles. The number of carbonyl (C=O) groups excluding carboxylic acids is 1. The van der Waals surface area contributed by atoms with E-state index in [0.29, 0.717) is 18.1 Å². The lowest BCUT2D eigenvalue weighted by Crippen LogP contribution is -2.52. The number of alkyl halides is 1. The Bertz CT molecular complexity index is 494. The molecule has 0 radical (unpaired) electrons. The third kappa shape index (κ3) is 2.64. The highest BCUT2D eigenvalue weighted by atomic mass is 79.9. The van der Waals surface area contributed by atoms with Crippen molar-refractivity contribution in [1.29, 1.82) is 0 Å². The van der Waals surface area contributed by atoms with Crippen LogP contribution in [0.25, 0.3) is 0 Å². The van der Waals surface area contributed by atoms with Crippen LogP contribution in [0, 0.1) is 0 Å². The Balaban J connectivity index is 1.72. The highest BCUT2D eigenvalue weighted by molar-refractivity contribution is 9.09. The van der Waals surface area contributed by atoms with Crippen LogP contribution in [-0.4, -0.2) is 41.4 Å². The monoisotopic (exact) mass is 339 g/mol. The lowest BCUT2D eigenvalue weighted by atomic mass is 10.0. The van der Waals surface area contributed by atoms with Gasteiger partial charge >= 0.3 is 0 Å². The highest BCUT2D eigenvalue weighted by Crippen LogP contribution is 2.32. The van der Waals surface area contributed by atoms with Crippen LogP contribution in [0.15, 0.2) is 24.3 Å². The zero-order chi connectivity index (χ0) is 13.9. The molecule has 1 aromatic rings. The molecule has 0 N–H and O–H groups in total. The highest BCUT2D eigenvalue weighted by Gasteiger charge is 2.35. The molecule has 0 saturated carbocycles. The molecule has 1 aromatic carbocycles. The molecule has 0 aliphatic carbocycles. The molecule has 2 unspecified atom stereocenters. The molecule has 4 nitrogen and oxygen atoms in total. The maximum atomic E-state index is 12.6. The number of benzene rings is 1. The van der Waals surface area contributed by atoms with Crippen molar-refractivity contribution in [2.24, 2.45) is 0 Å². The second kappa shape index (κ2) is 6.04. The van der Waals surface area contributed by atoms with E-state index in [-0.39, 0.29) is 11.9 Å². The van der Waals surface area contributed by atoms with E-state index in [0.717, 1.165) is 24.7 Å². The van der Waals surface area contributed by atoms with Gasteiger partial charge in [-0.2, -0.15) is 0 Å². The van der Waals surface area contributed by atoms with E-state index < -0.39 is 6.10 Å². The second-order valence-electron chi connectivity index (χ2n) is 5.20. The molecule has 2 aliphatic rings. The fourth-order valence-corrected chi connectivity index (χ4v) is 3.45. The van der Waals surface area contributed by atoms with Gasteiger partial charge in [0, 0.05) is 17.9 Å². The number of nitrogens with zero attached hydrogens (tertiary/aromatic N) is 1. The van der Waals surface area contributed by atoms with Gasteiger partial charge in [0.05, 0.1) is 0 Å². The summed E-state index contributed by atoms with van der Waals surface area (Å²) in [7, 11) is 0. The van der Waals surface area contributed by atoms with E-state index in [1.165, 1.54) is 6.42 Å². The first-order valence-corrected chi connectivity index (χ1v) is 8.16. The molecule has 20 heavy (non-hydrogen) atoms. The van der Waals surface area contributed by atoms with Crippen molar-refractivity contribution in [2.45, 2.75) is 31.4 Å². The van der Waals surface area contributed by atoms with Gasteiger partial charge in [-0.15, -0.1) is 0 Å². The van der Waals surface area contributed by atoms with E-state index in [1.807, 2.05) is 29.2 Å². The maximum absolute atomic E-state index is 12.6. The molecule has 1 amide bonds. The summed E-state index contributed by atoms with van der Waals surface area (Å²) in [6.45, 7) is 1.11. The summed E-state index contributed by atoms with van der Waals surface area (Å²) in [5, 5.41) is 0.822. The fourth-order valence-electron chi connectivity index (χ4n) is 2.78. The van der Waals surface area contributed by atoms with Crippen LogP contribution in [0.4, 0.5) is 0 Å². The number of likely N-dealkylation sites (tertiary alicyclic amines) is 1. The number of fused-ring (bicyclic) bond motifs is 1. The number of hydrogen-bond donors (Lipinski definition) is 0. The summed E-state index contributed by atoms with van der Waals surface area (Å²) >= 11 is 3.50. The summed E-state index contributed by atoms with van der Waals surface area (Å²) < 4.78 is 11.4. The topological polar surface area (TPSA) is 38.8 Å². The molecule has 0 aromatic heterocycles. The Hall–Kier alpha value is -1.23. The third-order valence-corrected chi connectivity index (χ3v) is 4.62. The predicted molar refractivity (Wildman–Crippen MR) is 79.5 cm³/mol. The van der Waals surface area contributed by atoms with Crippen LogP contribution < -0.4 is 9.47 Å². The lowest BCUT2D eigenvalue weighted by molar-refractivity contribution is -0.144. The fraction of sp³-hybridized carbons (Fsp3) is 0.533. The lowest BCUT2D eigenvalue weighted by Gasteiger charge is -2.37. The van der Waals surface area contributed by atoms with Gasteiger partial charge in [-0.3, -0.25) is 4.79 Å². The van der Waals surface area contributed by atoms with Crippen molar-refractivity contribution < 1.29 is 14.3 Å². The summed E-state index contributed by atoms with van der Waals surface area (Å²) in [4.78, 5) is 14.6. The number of amides is 1. The van der Waals surface area contributed by atoms with Gasteiger partial charge in [-0.25, -0.2) is 0 Å². The average Bonchev–Trinajstić information content (AvgIpc) is 2.53. The van der Waals surface area contributed by atoms with Crippen molar-refractivity contribution in [3.63, 3.8) is 0 Å². The zero-order valence-corrected chi connectivity index (χ0v) is 12.8. The van der Waals surface area contributed by atoms with Crippen LogP contribution in [-0.2, 0) is 4.79 Å². The molecule has 3 rings (SSSR count). The van der Waals surface area contributed by atoms with Crippen LogP contribution in [0.2, 0.25) is 0 Å². The zero-order valence-electron chi connectivity index (χ0n) is 11.3. The normalized spacial score (nSPS) is 25.4. The number of ether oxygens (including phenoxy) is 2. The Morgan fingerprint density at radius 1 is 1.30 bits per heavy atom. The quantitative estimate of drug-likeness (QED) is 0.777. The SMILES string of the molecule is O=C(C1COc2ccccc2O1)N1CCCCC1CBr. The minimum absolute atomic E-state index is 0.0450. The summed E-state index contributed by atoms with van der Waals surface area (Å²) in [6.07, 6.45) is 2.79. The summed E-state index contributed by atoms with van der Waals surface area (Å²) in [6, 6.07) is 7.76. The van der Waals surface area contributed by atoms with Crippen LogP contribution in [0.3, 0.4) is 0 Å². The van der Waals surface area contributed by atoms with E-state index in [1.54, 1.807) is 0 Å². The van der Waals surface area contributed by atoms with Gasteiger partial charge in [-0.05, 0) is 31.4 Å². The number of rotatable bonds is 2. The van der Waals surface area contributed by atoms with Crippen molar-refractivity contribution in [2.75, 3.05) is 18.5 Å². The van der Waals surface area contributed by atoms with Crippen LogP contribution in [0.1, 0.15) is 19.3 Å². The van der Waals surface area contributed by atoms with Gasteiger partial charge < -0.3 is 14.4 Å². The van der Waals surface area contributed by atoms with E-state index in [2.05, 4.69) is 15.9 Å². The van der Waals surface area contributed by atoms with Gasteiger partial charge in [0.15, 0.2) is 11.5 Å². The minimum Gasteiger partial charge on any atom is -0.485 e. The number of carbonyl (C=O) groups is 1. The third-order valence-electron chi connectivity index (χ3n) is 3.87. The Morgan fingerprint density at radius 3 is 2.90 bits per heavy atom. The molecule has 0 spiro atoms. The molecule has 2 heterocycles. The van der Waals surface area contributed by atoms with Crippen LogP contribution in [0.5, 0.6) is 11.5 Å². The van der Waals surface area contributed by atoms with Crippen molar-refractivity contribution in [1.82, 2.24) is 4.90 Å². The number of para-hydroxylation sites is 2. The predicted octanol–water partition coefficient (Wildman–Crippen LogP) is 2.60. The molecule has 108 valence electrons. The Morgan fingerprint density at radius 2 is 2.10 bits per heavy atom. The van der Waals surface area contributed by atoms with Crippen molar-refractivity contribution >= 4 is 21.8 Å². The van der Waals surface area contributed by atoms with Gasteiger partial charge in [0.1, 0.15) is 6.61 Å². The number of hydrogen-bond acceptors (Lipinski definition) is 3. The van der Waals surface area contributed by atoms with Gasteiger partial charge in [0.25, 0.3) is 5.91 Å². The van der Waals surface area contributed by atoms with Gasteiger partial charge in [0.2, 0.25) is 6.10 Å². The molecule has 0 bridgehead atoms. The standard InChI is InChI=1S/C15H18BrNO3/c16-9-11-5-3-4-8-17(11)15(18)14-10-19-12-6-1-2-7-13(12)20-14/h1-2,6-7,11,14H,3-5,8-10H2. The first kappa shape index (κ1) is 13.7. The molecule has 5 heteroatoms. The molecule has 2 atom stereocenters. The van der Waals surface area contributed by atoms with E-state index in [9.17, 15) is 4.79 Å². The smallest absolute Gasteiger partial charge is 0.267 e. The van der Waals surface area contributed by atoms with Gasteiger partial charge in [-0.1, -0.05) is 28.1 Å².